The number of Topliss-reactive ketones (excluding diaryl/α,β-unsaturated/α-hetero) is 1. The molecule has 6 heteroatoms. The zero-order valence-electron chi connectivity index (χ0n) is 16.5. The van der Waals surface area contributed by atoms with Crippen molar-refractivity contribution in [2.24, 2.45) is 11.8 Å². The predicted octanol–water partition coefficient (Wildman–Crippen LogP) is 5.30. The third-order valence-corrected chi connectivity index (χ3v) is 5.82. The van der Waals surface area contributed by atoms with Crippen LogP contribution in [0.1, 0.15) is 53.6 Å². The second-order valence-electron chi connectivity index (χ2n) is 7.61. The fourth-order valence-electron chi connectivity index (χ4n) is 3.86. The summed E-state index contributed by atoms with van der Waals surface area (Å²) in [4.78, 5) is 24.3. The van der Waals surface area contributed by atoms with Gasteiger partial charge >= 0.3 is 5.97 Å². The number of aromatic hydroxyl groups is 1. The summed E-state index contributed by atoms with van der Waals surface area (Å²) in [6, 6.07) is 9.30. The molecule has 0 saturated heterocycles. The lowest BCUT2D eigenvalue weighted by Gasteiger charge is -2.23. The summed E-state index contributed by atoms with van der Waals surface area (Å²) in [5.74, 6) is -1.08. The summed E-state index contributed by atoms with van der Waals surface area (Å²) in [6.45, 7) is 1.85. The minimum absolute atomic E-state index is 0.00723. The molecule has 2 aromatic rings. The average molecular weight is 419 g/mol. The fraction of sp³-hybridized carbons (Fsp3) is 0.391. The van der Waals surface area contributed by atoms with E-state index in [0.29, 0.717) is 11.5 Å². The van der Waals surface area contributed by atoms with Crippen LogP contribution in [0.2, 0.25) is 5.02 Å². The number of hydrogen-bond donors (Lipinski definition) is 1. The number of carbonyl (C=O) groups excluding carboxylic acids is 2. The first-order chi connectivity index (χ1) is 13.8. The molecule has 2 atom stereocenters. The number of ketones is 1. The van der Waals surface area contributed by atoms with Crippen molar-refractivity contribution in [2.75, 3.05) is 7.11 Å². The van der Waals surface area contributed by atoms with E-state index in [1.807, 2.05) is 13.0 Å². The molecule has 1 fully saturated rings. The van der Waals surface area contributed by atoms with Crippen LogP contribution in [-0.2, 0) is 16.0 Å². The summed E-state index contributed by atoms with van der Waals surface area (Å²) < 4.78 is 18.8. The zero-order chi connectivity index (χ0) is 21.1. The van der Waals surface area contributed by atoms with Gasteiger partial charge in [-0.3, -0.25) is 9.59 Å². The van der Waals surface area contributed by atoms with Gasteiger partial charge in [-0.2, -0.15) is 0 Å². The Morgan fingerprint density at radius 3 is 2.55 bits per heavy atom. The molecule has 3 rings (SSSR count). The molecule has 0 aliphatic heterocycles. The Bertz CT molecular complexity index is 923. The SMILES string of the molecule is COC(=O)[C@@H](C)[C@H](c1ccc(CCC(=O)c2ccc(Cl)cc2F)c(O)c1)C1CC1. The van der Waals surface area contributed by atoms with Crippen molar-refractivity contribution in [1.82, 2.24) is 0 Å². The van der Waals surface area contributed by atoms with Gasteiger partial charge in [0.25, 0.3) is 0 Å². The minimum Gasteiger partial charge on any atom is -0.508 e. The zero-order valence-corrected chi connectivity index (χ0v) is 17.2. The van der Waals surface area contributed by atoms with Crippen LogP contribution in [0.25, 0.3) is 0 Å². The molecule has 1 N–H and O–H groups in total. The largest absolute Gasteiger partial charge is 0.508 e. The van der Waals surface area contributed by atoms with E-state index in [1.54, 1.807) is 12.1 Å². The predicted molar refractivity (Wildman–Crippen MR) is 109 cm³/mol. The highest BCUT2D eigenvalue weighted by molar-refractivity contribution is 6.30. The molecule has 0 heterocycles. The lowest BCUT2D eigenvalue weighted by atomic mass is 9.82. The van der Waals surface area contributed by atoms with E-state index in [4.69, 9.17) is 16.3 Å². The second kappa shape index (κ2) is 8.95. The molecule has 0 spiro atoms. The van der Waals surface area contributed by atoms with Crippen LogP contribution in [0.3, 0.4) is 0 Å². The van der Waals surface area contributed by atoms with Gasteiger partial charge in [-0.1, -0.05) is 30.7 Å². The van der Waals surface area contributed by atoms with Gasteiger partial charge in [0.05, 0.1) is 18.6 Å². The molecule has 4 nitrogen and oxygen atoms in total. The maximum atomic E-state index is 13.9. The van der Waals surface area contributed by atoms with Crippen LogP contribution in [0.4, 0.5) is 4.39 Å². The topological polar surface area (TPSA) is 63.6 Å². The van der Waals surface area contributed by atoms with Crippen molar-refractivity contribution < 1.29 is 23.8 Å². The highest BCUT2D eigenvalue weighted by atomic mass is 35.5. The number of benzene rings is 2. The monoisotopic (exact) mass is 418 g/mol. The third-order valence-electron chi connectivity index (χ3n) is 5.59. The summed E-state index contributed by atoms with van der Waals surface area (Å²) in [5, 5.41) is 10.7. The van der Waals surface area contributed by atoms with E-state index in [1.165, 1.54) is 19.2 Å². The Labute approximate surface area is 174 Å². The first kappa shape index (κ1) is 21.3. The Kier molecular flexibility index (Phi) is 6.58. The molecule has 0 radical (unpaired) electrons. The Morgan fingerprint density at radius 2 is 1.97 bits per heavy atom. The molecule has 1 saturated carbocycles. The van der Waals surface area contributed by atoms with Crippen molar-refractivity contribution in [3.63, 3.8) is 0 Å². The normalized spacial score (nSPS) is 15.6. The number of phenolic OH excluding ortho intramolecular Hbond substituents is 1. The van der Waals surface area contributed by atoms with Crippen LogP contribution < -0.4 is 0 Å². The second-order valence-corrected chi connectivity index (χ2v) is 8.05. The van der Waals surface area contributed by atoms with Crippen molar-refractivity contribution in [1.29, 1.82) is 0 Å². The maximum Gasteiger partial charge on any atom is 0.309 e. The smallest absolute Gasteiger partial charge is 0.309 e. The Balaban J connectivity index is 1.72. The molecule has 2 aromatic carbocycles. The average Bonchev–Trinajstić information content (AvgIpc) is 3.51. The first-order valence-corrected chi connectivity index (χ1v) is 10.1. The molecule has 0 bridgehead atoms. The number of esters is 1. The molecule has 29 heavy (non-hydrogen) atoms. The Morgan fingerprint density at radius 1 is 1.24 bits per heavy atom. The van der Waals surface area contributed by atoms with Gasteiger partial charge < -0.3 is 9.84 Å². The fourth-order valence-corrected chi connectivity index (χ4v) is 4.01. The van der Waals surface area contributed by atoms with E-state index >= 15 is 0 Å². The quantitative estimate of drug-likeness (QED) is 0.466. The summed E-state index contributed by atoms with van der Waals surface area (Å²) in [6.07, 6.45) is 2.45. The highest BCUT2D eigenvalue weighted by Crippen LogP contribution is 2.47. The van der Waals surface area contributed by atoms with Gasteiger partial charge in [0.2, 0.25) is 0 Å². The van der Waals surface area contributed by atoms with Crippen molar-refractivity contribution in [3.05, 3.63) is 63.9 Å². The highest BCUT2D eigenvalue weighted by Gasteiger charge is 2.39. The Hall–Kier alpha value is -2.40. The van der Waals surface area contributed by atoms with Crippen molar-refractivity contribution in [2.45, 2.75) is 38.5 Å². The van der Waals surface area contributed by atoms with Crippen LogP contribution in [0, 0.1) is 17.7 Å². The summed E-state index contributed by atoms with van der Waals surface area (Å²) in [7, 11) is 1.38. The maximum absolute atomic E-state index is 13.9. The molecule has 1 aliphatic rings. The molecule has 154 valence electrons. The van der Waals surface area contributed by atoms with Crippen LogP contribution in [0.5, 0.6) is 5.75 Å². The first-order valence-electron chi connectivity index (χ1n) is 9.69. The number of rotatable bonds is 8. The molecular weight excluding hydrogens is 395 g/mol. The van der Waals surface area contributed by atoms with Crippen LogP contribution in [-0.4, -0.2) is 24.0 Å². The van der Waals surface area contributed by atoms with E-state index in [2.05, 4.69) is 0 Å². The van der Waals surface area contributed by atoms with Gasteiger partial charge in [0, 0.05) is 11.4 Å². The number of carbonyl (C=O) groups is 2. The number of aryl methyl sites for hydroxylation is 1. The molecule has 0 amide bonds. The lowest BCUT2D eigenvalue weighted by molar-refractivity contribution is -0.145. The summed E-state index contributed by atoms with van der Waals surface area (Å²) >= 11 is 5.72. The molecule has 0 aromatic heterocycles. The number of methoxy groups -OCH3 is 1. The van der Waals surface area contributed by atoms with Gasteiger partial charge in [-0.15, -0.1) is 0 Å². The number of phenols is 1. The van der Waals surface area contributed by atoms with E-state index in [9.17, 15) is 19.1 Å². The van der Waals surface area contributed by atoms with Crippen LogP contribution in [0.15, 0.2) is 36.4 Å². The van der Waals surface area contributed by atoms with Gasteiger partial charge in [0.15, 0.2) is 5.78 Å². The van der Waals surface area contributed by atoms with Gasteiger partial charge in [-0.05, 0) is 66.5 Å². The van der Waals surface area contributed by atoms with Crippen molar-refractivity contribution >= 4 is 23.4 Å². The van der Waals surface area contributed by atoms with E-state index in [0.717, 1.165) is 24.5 Å². The number of hydrogen-bond acceptors (Lipinski definition) is 4. The summed E-state index contributed by atoms with van der Waals surface area (Å²) in [5.41, 5.74) is 1.49. The molecule has 0 unspecified atom stereocenters. The van der Waals surface area contributed by atoms with E-state index < -0.39 is 5.82 Å². The van der Waals surface area contributed by atoms with Gasteiger partial charge in [0.1, 0.15) is 11.6 Å². The third kappa shape index (κ3) is 4.96. The molecule has 1 aliphatic carbocycles. The standard InChI is InChI=1S/C23H24ClFO4/c1-13(23(28)29-2)22(15-4-5-15)16-6-3-14(21(27)11-16)7-10-20(26)18-9-8-17(24)12-19(18)25/h3,6,8-9,11-13,15,22,27H,4-5,7,10H2,1-2H3/t13-,22-/m0/s1. The number of halogens is 2. The van der Waals surface area contributed by atoms with Crippen molar-refractivity contribution in [3.8, 4) is 5.75 Å². The van der Waals surface area contributed by atoms with Crippen LogP contribution >= 0.6 is 11.6 Å². The van der Waals surface area contributed by atoms with E-state index in [-0.39, 0.29) is 52.8 Å². The molecular formula is C23H24ClFO4. The lowest BCUT2D eigenvalue weighted by Crippen LogP contribution is -2.22. The minimum atomic E-state index is -0.647. The number of ether oxygens (including phenoxy) is 1. The van der Waals surface area contributed by atoms with Gasteiger partial charge in [-0.25, -0.2) is 4.39 Å².